The summed E-state index contributed by atoms with van der Waals surface area (Å²) >= 11 is 1.34. The standard InChI is InChI=1S/C22H21FN2O3S/c1-13(2)28-22(27)19-16-8-4-6-10-18(16)29-21(19)25-20(26)15(12-24)11-14-7-3-5-9-17(14)23/h3,5,7,9,11,13H,4,6,8,10H2,1-2H3,(H,25,26)/b15-11+. The molecule has 0 aliphatic heterocycles. The van der Waals surface area contributed by atoms with Gasteiger partial charge in [-0.1, -0.05) is 18.2 Å². The van der Waals surface area contributed by atoms with E-state index in [-0.39, 0.29) is 17.2 Å². The minimum atomic E-state index is -0.687. The number of ether oxygens (including phenoxy) is 1. The Morgan fingerprint density at radius 1 is 1.28 bits per heavy atom. The number of hydrogen-bond acceptors (Lipinski definition) is 5. The van der Waals surface area contributed by atoms with Gasteiger partial charge in [0, 0.05) is 10.4 Å². The number of amides is 1. The predicted molar refractivity (Wildman–Crippen MR) is 110 cm³/mol. The van der Waals surface area contributed by atoms with E-state index in [1.165, 1.54) is 35.6 Å². The summed E-state index contributed by atoms with van der Waals surface area (Å²) in [5, 5.41) is 12.5. The maximum absolute atomic E-state index is 13.9. The summed E-state index contributed by atoms with van der Waals surface area (Å²) < 4.78 is 19.2. The van der Waals surface area contributed by atoms with Crippen molar-refractivity contribution < 1.29 is 18.7 Å². The van der Waals surface area contributed by atoms with Gasteiger partial charge in [-0.3, -0.25) is 4.79 Å². The lowest BCUT2D eigenvalue weighted by atomic mass is 9.95. The predicted octanol–water partition coefficient (Wildman–Crippen LogP) is 4.88. The molecule has 1 aromatic heterocycles. The Morgan fingerprint density at radius 2 is 2.00 bits per heavy atom. The Morgan fingerprint density at radius 3 is 2.69 bits per heavy atom. The first kappa shape index (κ1) is 20.7. The van der Waals surface area contributed by atoms with Crippen LogP contribution in [-0.2, 0) is 22.4 Å². The van der Waals surface area contributed by atoms with Crippen LogP contribution < -0.4 is 5.32 Å². The van der Waals surface area contributed by atoms with E-state index in [2.05, 4.69) is 5.32 Å². The summed E-state index contributed by atoms with van der Waals surface area (Å²) in [6.45, 7) is 3.53. The van der Waals surface area contributed by atoms with Gasteiger partial charge in [0.2, 0.25) is 0 Å². The monoisotopic (exact) mass is 412 g/mol. The smallest absolute Gasteiger partial charge is 0.341 e. The van der Waals surface area contributed by atoms with Gasteiger partial charge >= 0.3 is 5.97 Å². The number of nitrogens with zero attached hydrogens (tertiary/aromatic N) is 1. The van der Waals surface area contributed by atoms with E-state index in [0.29, 0.717) is 10.6 Å². The van der Waals surface area contributed by atoms with Gasteiger partial charge in [0.15, 0.2) is 0 Å². The second-order valence-electron chi connectivity index (χ2n) is 7.01. The van der Waals surface area contributed by atoms with E-state index < -0.39 is 17.7 Å². The Hall–Kier alpha value is -2.98. The number of halogens is 1. The zero-order chi connectivity index (χ0) is 21.0. The average molecular weight is 412 g/mol. The molecule has 0 saturated carbocycles. The Kier molecular flexibility index (Phi) is 6.45. The highest BCUT2D eigenvalue weighted by molar-refractivity contribution is 7.17. The summed E-state index contributed by atoms with van der Waals surface area (Å²) in [6, 6.07) is 7.70. The molecule has 150 valence electrons. The van der Waals surface area contributed by atoms with Crippen molar-refractivity contribution in [2.75, 3.05) is 5.32 Å². The van der Waals surface area contributed by atoms with Crippen molar-refractivity contribution in [3.05, 3.63) is 57.2 Å². The molecule has 3 rings (SSSR count). The molecule has 0 radical (unpaired) electrons. The van der Waals surface area contributed by atoms with Gasteiger partial charge in [-0.15, -0.1) is 11.3 Å². The summed E-state index contributed by atoms with van der Waals surface area (Å²) in [5.41, 5.74) is 1.18. The summed E-state index contributed by atoms with van der Waals surface area (Å²) in [6.07, 6.45) is 4.49. The van der Waals surface area contributed by atoms with E-state index in [0.717, 1.165) is 36.1 Å². The van der Waals surface area contributed by atoms with Gasteiger partial charge in [0.1, 0.15) is 22.5 Å². The van der Waals surface area contributed by atoms with Crippen molar-refractivity contribution in [1.82, 2.24) is 0 Å². The Balaban J connectivity index is 1.93. The second kappa shape index (κ2) is 9.01. The zero-order valence-electron chi connectivity index (χ0n) is 16.3. The van der Waals surface area contributed by atoms with Crippen LogP contribution in [-0.4, -0.2) is 18.0 Å². The van der Waals surface area contributed by atoms with Crippen molar-refractivity contribution in [2.45, 2.75) is 45.6 Å². The number of anilines is 1. The van der Waals surface area contributed by atoms with Gasteiger partial charge in [0.25, 0.3) is 5.91 Å². The molecular weight excluding hydrogens is 391 g/mol. The zero-order valence-corrected chi connectivity index (χ0v) is 17.1. The molecule has 1 aromatic carbocycles. The van der Waals surface area contributed by atoms with Crippen LogP contribution in [0, 0.1) is 17.1 Å². The molecule has 0 fully saturated rings. The fourth-order valence-corrected chi connectivity index (χ4v) is 4.48. The van der Waals surface area contributed by atoms with Crippen molar-refractivity contribution in [3.8, 4) is 6.07 Å². The lowest BCUT2D eigenvalue weighted by Crippen LogP contribution is -2.18. The topological polar surface area (TPSA) is 79.2 Å². The highest BCUT2D eigenvalue weighted by atomic mass is 32.1. The molecule has 1 heterocycles. The average Bonchev–Trinajstić information content (AvgIpc) is 3.04. The third-order valence-electron chi connectivity index (χ3n) is 4.52. The Labute approximate surface area is 172 Å². The number of fused-ring (bicyclic) bond motifs is 1. The number of nitriles is 1. The normalized spacial score (nSPS) is 13.6. The van der Waals surface area contributed by atoms with Crippen LogP contribution in [0.2, 0.25) is 0 Å². The summed E-state index contributed by atoms with van der Waals surface area (Å²) in [5.74, 6) is -1.69. The van der Waals surface area contributed by atoms with Crippen LogP contribution in [0.1, 0.15) is 53.1 Å². The van der Waals surface area contributed by atoms with Crippen molar-refractivity contribution >= 4 is 34.3 Å². The van der Waals surface area contributed by atoms with E-state index in [4.69, 9.17) is 4.74 Å². The van der Waals surface area contributed by atoms with Crippen LogP contribution in [0.4, 0.5) is 9.39 Å². The fraction of sp³-hybridized carbons (Fsp3) is 0.318. The molecule has 0 bridgehead atoms. The largest absolute Gasteiger partial charge is 0.459 e. The number of carbonyl (C=O) groups excluding carboxylic acids is 2. The third-order valence-corrected chi connectivity index (χ3v) is 5.72. The number of nitrogens with one attached hydrogen (secondary N) is 1. The molecule has 0 saturated heterocycles. The van der Waals surface area contributed by atoms with E-state index >= 15 is 0 Å². The van der Waals surface area contributed by atoms with E-state index in [1.54, 1.807) is 19.9 Å². The molecule has 5 nitrogen and oxygen atoms in total. The van der Waals surface area contributed by atoms with Crippen LogP contribution in [0.5, 0.6) is 0 Å². The lowest BCUT2D eigenvalue weighted by Gasteiger charge is -2.14. The van der Waals surface area contributed by atoms with Crippen LogP contribution in [0.15, 0.2) is 29.8 Å². The number of aryl methyl sites for hydroxylation is 1. The first-order valence-corrected chi connectivity index (χ1v) is 10.3. The van der Waals surface area contributed by atoms with Gasteiger partial charge in [-0.05, 0) is 57.2 Å². The van der Waals surface area contributed by atoms with E-state index in [9.17, 15) is 19.2 Å². The number of rotatable bonds is 5. The molecule has 29 heavy (non-hydrogen) atoms. The molecule has 1 aliphatic carbocycles. The number of carbonyl (C=O) groups is 2. The third kappa shape index (κ3) is 4.72. The number of esters is 1. The summed E-state index contributed by atoms with van der Waals surface area (Å²) in [7, 11) is 0. The summed E-state index contributed by atoms with van der Waals surface area (Å²) in [4.78, 5) is 26.4. The highest BCUT2D eigenvalue weighted by Crippen LogP contribution is 2.39. The lowest BCUT2D eigenvalue weighted by molar-refractivity contribution is -0.112. The number of benzene rings is 1. The van der Waals surface area contributed by atoms with Gasteiger partial charge < -0.3 is 10.1 Å². The Bertz CT molecular complexity index is 1020. The first-order chi connectivity index (χ1) is 13.9. The number of hydrogen-bond donors (Lipinski definition) is 1. The minimum Gasteiger partial charge on any atom is -0.459 e. The molecule has 1 amide bonds. The highest BCUT2D eigenvalue weighted by Gasteiger charge is 2.28. The quantitative estimate of drug-likeness (QED) is 0.431. The van der Waals surface area contributed by atoms with Crippen molar-refractivity contribution in [3.63, 3.8) is 0 Å². The van der Waals surface area contributed by atoms with Gasteiger partial charge in [0.05, 0.1) is 11.7 Å². The first-order valence-electron chi connectivity index (χ1n) is 9.44. The molecule has 1 aliphatic rings. The van der Waals surface area contributed by atoms with E-state index in [1.807, 2.05) is 6.07 Å². The number of thiophene rings is 1. The van der Waals surface area contributed by atoms with Crippen molar-refractivity contribution in [1.29, 1.82) is 5.26 Å². The van der Waals surface area contributed by atoms with Gasteiger partial charge in [-0.2, -0.15) is 5.26 Å². The molecule has 0 unspecified atom stereocenters. The van der Waals surface area contributed by atoms with Crippen molar-refractivity contribution in [2.24, 2.45) is 0 Å². The molecule has 7 heteroatoms. The van der Waals surface area contributed by atoms with Crippen LogP contribution in [0.25, 0.3) is 6.08 Å². The van der Waals surface area contributed by atoms with Crippen LogP contribution in [0.3, 0.4) is 0 Å². The van der Waals surface area contributed by atoms with Gasteiger partial charge in [-0.25, -0.2) is 9.18 Å². The maximum atomic E-state index is 13.9. The SMILES string of the molecule is CC(C)OC(=O)c1c(NC(=O)/C(C#N)=C/c2ccccc2F)sc2c1CCCC2. The maximum Gasteiger partial charge on any atom is 0.341 e. The fourth-order valence-electron chi connectivity index (χ4n) is 3.21. The van der Waals surface area contributed by atoms with Crippen LogP contribution >= 0.6 is 11.3 Å². The minimum absolute atomic E-state index is 0.143. The molecule has 0 spiro atoms. The molecule has 2 aromatic rings. The molecule has 0 atom stereocenters. The second-order valence-corrected chi connectivity index (χ2v) is 8.12. The molecule has 1 N–H and O–H groups in total. The molecular formula is C22H21FN2O3S.